The van der Waals surface area contributed by atoms with Crippen LogP contribution in [-0.2, 0) is 14.3 Å². The van der Waals surface area contributed by atoms with Gasteiger partial charge in [-0.15, -0.1) is 0 Å². The van der Waals surface area contributed by atoms with Crippen molar-refractivity contribution in [2.75, 3.05) is 13.2 Å². The molecular formula is C60H115NO8. The van der Waals surface area contributed by atoms with Crippen LogP contribution in [0.15, 0.2) is 24.3 Å². The van der Waals surface area contributed by atoms with Crippen LogP contribution in [-0.4, -0.2) is 87.5 Å². The van der Waals surface area contributed by atoms with Gasteiger partial charge in [0, 0.05) is 6.42 Å². The second-order valence-corrected chi connectivity index (χ2v) is 21.1. The number of carbonyl (C=O) groups excluding carboxylic acids is 1. The molecule has 1 aliphatic rings. The first-order chi connectivity index (χ1) is 33.8. The Labute approximate surface area is 426 Å². The van der Waals surface area contributed by atoms with E-state index >= 15 is 0 Å². The number of allylic oxidation sites excluding steroid dienone is 3. The van der Waals surface area contributed by atoms with Crippen molar-refractivity contribution in [1.29, 1.82) is 0 Å². The molecular weight excluding hydrogens is 863 g/mol. The lowest BCUT2D eigenvalue weighted by atomic mass is 9.99. The Morgan fingerprint density at radius 1 is 0.478 bits per heavy atom. The second-order valence-electron chi connectivity index (χ2n) is 21.1. The highest BCUT2D eigenvalue weighted by molar-refractivity contribution is 5.76. The molecule has 1 aliphatic heterocycles. The minimum atomic E-state index is -1.57. The van der Waals surface area contributed by atoms with E-state index in [0.717, 1.165) is 38.5 Å². The van der Waals surface area contributed by atoms with Gasteiger partial charge in [0.25, 0.3) is 0 Å². The molecule has 0 aliphatic carbocycles. The molecule has 0 aromatic carbocycles. The Morgan fingerprint density at radius 2 is 0.812 bits per heavy atom. The smallest absolute Gasteiger partial charge is 0.220 e. The van der Waals surface area contributed by atoms with Gasteiger partial charge in [0.15, 0.2) is 6.29 Å². The number of amides is 1. The number of hydrogen-bond donors (Lipinski definition) is 6. The number of nitrogens with one attached hydrogen (secondary N) is 1. The van der Waals surface area contributed by atoms with Crippen LogP contribution in [0.5, 0.6) is 0 Å². The Hall–Kier alpha value is -1.33. The van der Waals surface area contributed by atoms with Crippen LogP contribution < -0.4 is 5.32 Å². The van der Waals surface area contributed by atoms with Crippen LogP contribution >= 0.6 is 0 Å². The zero-order chi connectivity index (χ0) is 50.1. The van der Waals surface area contributed by atoms with Crippen molar-refractivity contribution >= 4 is 5.91 Å². The lowest BCUT2D eigenvalue weighted by Gasteiger charge is -2.40. The largest absolute Gasteiger partial charge is 0.394 e. The minimum absolute atomic E-state index is 0.173. The first-order valence-electron chi connectivity index (χ1n) is 30.1. The number of aliphatic hydroxyl groups is 5. The molecule has 0 bridgehead atoms. The summed E-state index contributed by atoms with van der Waals surface area (Å²) >= 11 is 0. The summed E-state index contributed by atoms with van der Waals surface area (Å²) in [7, 11) is 0. The molecule has 1 rings (SSSR count). The van der Waals surface area contributed by atoms with Crippen LogP contribution in [0.25, 0.3) is 0 Å². The van der Waals surface area contributed by atoms with Crippen molar-refractivity contribution in [1.82, 2.24) is 5.32 Å². The van der Waals surface area contributed by atoms with Gasteiger partial charge >= 0.3 is 0 Å². The standard InChI is InChI=1S/C60H115NO8/c1-3-5-7-9-11-13-15-17-19-21-23-24-25-26-27-28-29-30-31-32-34-36-38-40-42-44-46-48-50-56(64)61-53(52-68-60-59(67)58(66)57(65)55(51-62)69-60)54(63)49-47-45-43-41-39-37-35-33-22-20-18-16-14-12-10-8-6-4-2/h26-27,47,49,53-55,57-60,62-63,65-67H,3-25,28-46,48,50-52H2,1-2H3,(H,61,64)/b27-26-,49-47+. The van der Waals surface area contributed by atoms with E-state index in [0.29, 0.717) is 6.42 Å². The Kier molecular flexibility index (Phi) is 47.8. The van der Waals surface area contributed by atoms with Gasteiger partial charge in [0.1, 0.15) is 24.4 Å². The molecule has 1 saturated heterocycles. The molecule has 9 nitrogen and oxygen atoms in total. The highest BCUT2D eigenvalue weighted by atomic mass is 16.7. The molecule has 1 heterocycles. The lowest BCUT2D eigenvalue weighted by Crippen LogP contribution is -2.60. The van der Waals surface area contributed by atoms with E-state index in [2.05, 4.69) is 31.3 Å². The van der Waals surface area contributed by atoms with Crippen molar-refractivity contribution in [2.45, 2.75) is 339 Å². The molecule has 0 saturated carbocycles. The van der Waals surface area contributed by atoms with E-state index in [4.69, 9.17) is 9.47 Å². The van der Waals surface area contributed by atoms with E-state index in [-0.39, 0.29) is 12.5 Å². The van der Waals surface area contributed by atoms with Crippen molar-refractivity contribution in [3.05, 3.63) is 24.3 Å². The zero-order valence-corrected chi connectivity index (χ0v) is 45.3. The number of aliphatic hydroxyl groups excluding tert-OH is 5. The van der Waals surface area contributed by atoms with Gasteiger partial charge in [-0.2, -0.15) is 0 Å². The van der Waals surface area contributed by atoms with Crippen molar-refractivity contribution in [2.24, 2.45) is 0 Å². The topological polar surface area (TPSA) is 149 Å². The third kappa shape index (κ3) is 39.8. The number of carbonyl (C=O) groups is 1. The summed E-state index contributed by atoms with van der Waals surface area (Å²) in [5.41, 5.74) is 0. The van der Waals surface area contributed by atoms with E-state index in [1.807, 2.05) is 6.08 Å². The molecule has 0 spiro atoms. The van der Waals surface area contributed by atoms with Crippen molar-refractivity contribution in [3.63, 3.8) is 0 Å². The Balaban J connectivity index is 2.18. The van der Waals surface area contributed by atoms with E-state index < -0.39 is 49.5 Å². The maximum atomic E-state index is 13.1. The third-order valence-electron chi connectivity index (χ3n) is 14.5. The van der Waals surface area contributed by atoms with Crippen molar-refractivity contribution < 1.29 is 39.8 Å². The number of hydrogen-bond acceptors (Lipinski definition) is 8. The summed E-state index contributed by atoms with van der Waals surface area (Å²) in [5.74, 6) is -0.173. The van der Waals surface area contributed by atoms with Crippen LogP contribution in [0, 0.1) is 0 Å². The molecule has 1 fully saturated rings. The van der Waals surface area contributed by atoms with E-state index in [1.54, 1.807) is 6.08 Å². The molecule has 7 atom stereocenters. The average molecular weight is 979 g/mol. The fraction of sp³-hybridized carbons (Fsp3) is 0.917. The molecule has 6 N–H and O–H groups in total. The Morgan fingerprint density at radius 3 is 1.17 bits per heavy atom. The monoisotopic (exact) mass is 978 g/mol. The molecule has 0 aromatic rings. The molecule has 0 aromatic heterocycles. The van der Waals surface area contributed by atoms with Crippen LogP contribution in [0.2, 0.25) is 0 Å². The van der Waals surface area contributed by atoms with Crippen LogP contribution in [0.1, 0.15) is 296 Å². The highest BCUT2D eigenvalue weighted by Gasteiger charge is 2.44. The quantitative estimate of drug-likeness (QED) is 0.0261. The van der Waals surface area contributed by atoms with E-state index in [1.165, 1.54) is 238 Å². The van der Waals surface area contributed by atoms with Gasteiger partial charge < -0.3 is 40.3 Å². The molecule has 69 heavy (non-hydrogen) atoms. The Bertz CT molecular complexity index is 1130. The maximum absolute atomic E-state index is 13.1. The summed E-state index contributed by atoms with van der Waals surface area (Å²) in [5, 5.41) is 54.5. The fourth-order valence-electron chi connectivity index (χ4n) is 9.74. The summed E-state index contributed by atoms with van der Waals surface area (Å²) in [6.45, 7) is 3.82. The number of unbranched alkanes of at least 4 members (excludes halogenated alkanes) is 40. The zero-order valence-electron chi connectivity index (χ0n) is 45.3. The summed E-state index contributed by atoms with van der Waals surface area (Å²) in [6, 6.07) is -0.803. The van der Waals surface area contributed by atoms with Crippen molar-refractivity contribution in [3.8, 4) is 0 Å². The van der Waals surface area contributed by atoms with Crippen LogP contribution in [0.3, 0.4) is 0 Å². The van der Waals surface area contributed by atoms with Gasteiger partial charge in [0.2, 0.25) is 5.91 Å². The first-order valence-corrected chi connectivity index (χ1v) is 30.1. The molecule has 9 heteroatoms. The molecule has 408 valence electrons. The predicted octanol–water partition coefficient (Wildman–Crippen LogP) is 15.0. The van der Waals surface area contributed by atoms with Crippen LogP contribution in [0.4, 0.5) is 0 Å². The summed E-state index contributed by atoms with van der Waals surface area (Å²) in [6.07, 6.45) is 56.8. The third-order valence-corrected chi connectivity index (χ3v) is 14.5. The minimum Gasteiger partial charge on any atom is -0.394 e. The number of ether oxygens (including phenoxy) is 2. The average Bonchev–Trinajstić information content (AvgIpc) is 3.35. The molecule has 0 radical (unpaired) electrons. The highest BCUT2D eigenvalue weighted by Crippen LogP contribution is 2.23. The fourth-order valence-corrected chi connectivity index (χ4v) is 9.74. The molecule has 1 amide bonds. The van der Waals surface area contributed by atoms with E-state index in [9.17, 15) is 30.3 Å². The van der Waals surface area contributed by atoms with Gasteiger partial charge in [0.05, 0.1) is 25.4 Å². The maximum Gasteiger partial charge on any atom is 0.220 e. The summed E-state index contributed by atoms with van der Waals surface area (Å²) in [4.78, 5) is 13.1. The van der Waals surface area contributed by atoms with Gasteiger partial charge in [-0.3, -0.25) is 4.79 Å². The first kappa shape index (κ1) is 65.7. The van der Waals surface area contributed by atoms with Gasteiger partial charge in [-0.05, 0) is 44.9 Å². The lowest BCUT2D eigenvalue weighted by molar-refractivity contribution is -0.302. The molecule has 7 unspecified atom stereocenters. The second kappa shape index (κ2) is 50.2. The predicted molar refractivity (Wildman–Crippen MR) is 290 cm³/mol. The van der Waals surface area contributed by atoms with Gasteiger partial charge in [-0.25, -0.2) is 0 Å². The SMILES string of the molecule is CCCCCCCCCCCCCC/C=C\CCCCCCCCCCCCCCC(=O)NC(COC1OC(CO)C(O)C(O)C1O)C(O)/C=C/CCCCCCCCCCCCCCCCCC. The number of rotatable bonds is 52. The summed E-state index contributed by atoms with van der Waals surface area (Å²) < 4.78 is 11.3. The van der Waals surface area contributed by atoms with Gasteiger partial charge in [-0.1, -0.05) is 269 Å². The normalized spacial score (nSPS) is 19.6.